The van der Waals surface area contributed by atoms with Crippen LogP contribution in [-0.4, -0.2) is 0 Å². The van der Waals surface area contributed by atoms with Crippen LogP contribution in [0.1, 0.15) is 33.4 Å². The van der Waals surface area contributed by atoms with Crippen molar-refractivity contribution in [1.29, 1.82) is 10.5 Å². The summed E-state index contributed by atoms with van der Waals surface area (Å²) >= 11 is 0. The van der Waals surface area contributed by atoms with Gasteiger partial charge in [-0.2, -0.15) is 10.5 Å². The molecule has 0 heterocycles. The first-order valence-electron chi connectivity index (χ1n) is 20.2. The Hall–Kier alpha value is -8.24. The SMILES string of the molecule is N#Cc1ccc2c(c1)C1(c3ccccc3-c3ccc(N(c4cccc(-c5ccccc5)c4)c4c(-c5ccccc5)cccc4-c4ccccc4)cc31)c1cc(C#N)ccc1-2. The molecule has 9 aromatic carbocycles. The second-order valence-corrected chi connectivity index (χ2v) is 15.5. The maximum atomic E-state index is 10.3. The molecule has 0 N–H and O–H groups in total. The molecule has 1 spiro atoms. The summed E-state index contributed by atoms with van der Waals surface area (Å²) in [4.78, 5) is 2.43. The van der Waals surface area contributed by atoms with E-state index in [-0.39, 0.29) is 0 Å². The fraction of sp³-hybridized carbons (Fsp3) is 0.0175. The average Bonchev–Trinajstić information content (AvgIpc) is 3.78. The molecule has 11 rings (SSSR count). The molecule has 0 fully saturated rings. The summed E-state index contributed by atoms with van der Waals surface area (Å²) in [7, 11) is 0. The third-order valence-corrected chi connectivity index (χ3v) is 12.3. The third kappa shape index (κ3) is 5.27. The Labute approximate surface area is 350 Å². The van der Waals surface area contributed by atoms with E-state index in [4.69, 9.17) is 0 Å². The Balaban J connectivity index is 1.25. The second-order valence-electron chi connectivity index (χ2n) is 15.5. The van der Waals surface area contributed by atoms with Crippen molar-refractivity contribution >= 4 is 17.1 Å². The van der Waals surface area contributed by atoms with E-state index in [2.05, 4.69) is 217 Å². The van der Waals surface area contributed by atoms with E-state index in [0.717, 1.165) is 95.0 Å². The molecule has 278 valence electrons. The Morgan fingerprint density at radius 2 is 0.750 bits per heavy atom. The Bertz CT molecular complexity index is 3100. The smallest absolute Gasteiger partial charge is 0.0991 e. The molecule has 0 saturated carbocycles. The highest BCUT2D eigenvalue weighted by Gasteiger charge is 2.52. The van der Waals surface area contributed by atoms with E-state index in [0.29, 0.717) is 11.1 Å². The summed E-state index contributed by atoms with van der Waals surface area (Å²) in [6.07, 6.45) is 0. The zero-order valence-corrected chi connectivity index (χ0v) is 32.5. The molecule has 0 amide bonds. The molecule has 2 aliphatic carbocycles. The lowest BCUT2D eigenvalue weighted by Gasteiger charge is -2.34. The number of hydrogen-bond acceptors (Lipinski definition) is 3. The van der Waals surface area contributed by atoms with Crippen molar-refractivity contribution in [3.8, 4) is 67.8 Å². The molecule has 3 nitrogen and oxygen atoms in total. The number of hydrogen-bond donors (Lipinski definition) is 0. The van der Waals surface area contributed by atoms with Crippen LogP contribution in [0.15, 0.2) is 212 Å². The lowest BCUT2D eigenvalue weighted by Crippen LogP contribution is -2.26. The summed E-state index contributed by atoms with van der Waals surface area (Å²) in [6.45, 7) is 0. The number of nitriles is 2. The van der Waals surface area contributed by atoms with Gasteiger partial charge in [-0.05, 0) is 115 Å². The minimum atomic E-state index is -0.773. The quantitative estimate of drug-likeness (QED) is 0.170. The van der Waals surface area contributed by atoms with Crippen LogP contribution in [0.3, 0.4) is 0 Å². The number of benzene rings is 9. The maximum absolute atomic E-state index is 10.3. The van der Waals surface area contributed by atoms with Crippen LogP contribution in [0.25, 0.3) is 55.6 Å². The van der Waals surface area contributed by atoms with Crippen molar-refractivity contribution in [2.24, 2.45) is 0 Å². The molecule has 2 aliphatic rings. The van der Waals surface area contributed by atoms with Gasteiger partial charge in [-0.15, -0.1) is 0 Å². The normalized spacial score (nSPS) is 12.4. The van der Waals surface area contributed by atoms with Crippen LogP contribution >= 0.6 is 0 Å². The monoisotopic (exact) mass is 761 g/mol. The van der Waals surface area contributed by atoms with E-state index < -0.39 is 5.41 Å². The maximum Gasteiger partial charge on any atom is 0.0991 e. The second kappa shape index (κ2) is 14.0. The highest BCUT2D eigenvalue weighted by molar-refractivity contribution is 6.00. The van der Waals surface area contributed by atoms with Crippen LogP contribution in [0.2, 0.25) is 0 Å². The Morgan fingerprint density at radius 1 is 0.317 bits per heavy atom. The molecule has 0 atom stereocenters. The molecule has 0 radical (unpaired) electrons. The molecular formula is C57H35N3. The number of nitrogens with zero attached hydrogens (tertiary/aromatic N) is 3. The van der Waals surface area contributed by atoms with Crippen molar-refractivity contribution in [3.05, 3.63) is 246 Å². The lowest BCUT2D eigenvalue weighted by atomic mass is 9.70. The predicted molar refractivity (Wildman–Crippen MR) is 243 cm³/mol. The third-order valence-electron chi connectivity index (χ3n) is 12.3. The number of fused-ring (bicyclic) bond motifs is 10. The minimum absolute atomic E-state index is 0.604. The molecule has 0 unspecified atom stereocenters. The van der Waals surface area contributed by atoms with Gasteiger partial charge in [-0.1, -0.05) is 164 Å². The largest absolute Gasteiger partial charge is 0.309 e. The van der Waals surface area contributed by atoms with Crippen LogP contribution in [0, 0.1) is 22.7 Å². The van der Waals surface area contributed by atoms with Gasteiger partial charge in [0.15, 0.2) is 0 Å². The first kappa shape index (κ1) is 35.0. The number of anilines is 3. The van der Waals surface area contributed by atoms with E-state index in [1.807, 2.05) is 12.1 Å². The van der Waals surface area contributed by atoms with E-state index in [1.165, 1.54) is 0 Å². The molecule has 60 heavy (non-hydrogen) atoms. The zero-order chi connectivity index (χ0) is 40.2. The van der Waals surface area contributed by atoms with Gasteiger partial charge < -0.3 is 4.90 Å². The van der Waals surface area contributed by atoms with Crippen LogP contribution < -0.4 is 4.90 Å². The molecular weight excluding hydrogens is 727 g/mol. The van der Waals surface area contributed by atoms with Gasteiger partial charge >= 0.3 is 0 Å². The van der Waals surface area contributed by atoms with E-state index in [9.17, 15) is 10.5 Å². The molecule has 0 aliphatic heterocycles. The van der Waals surface area contributed by atoms with Crippen molar-refractivity contribution in [2.45, 2.75) is 5.41 Å². The van der Waals surface area contributed by atoms with E-state index >= 15 is 0 Å². The molecule has 0 bridgehead atoms. The Kier molecular flexibility index (Phi) is 8.16. The lowest BCUT2D eigenvalue weighted by molar-refractivity contribution is 0.793. The first-order valence-corrected chi connectivity index (χ1v) is 20.2. The van der Waals surface area contributed by atoms with Gasteiger partial charge in [-0.3, -0.25) is 0 Å². The van der Waals surface area contributed by atoms with Gasteiger partial charge in [0.25, 0.3) is 0 Å². The standard InChI is InChI=1S/C57H35N3/c58-36-38-26-29-49-50-30-27-39(37-59)33-54(50)57(53(49)32-38)52-25-11-10-22-48(52)51-31-28-45(35-55(51)57)60(44-21-12-20-43(34-44)40-14-4-1-5-15-40)56-46(41-16-6-2-7-17-41)23-13-24-47(56)42-18-8-3-9-19-42/h1-35H. The predicted octanol–water partition coefficient (Wildman–Crippen LogP) is 14.2. The summed E-state index contributed by atoms with van der Waals surface area (Å²) in [5.74, 6) is 0. The first-order chi connectivity index (χ1) is 29.7. The summed E-state index contributed by atoms with van der Waals surface area (Å²) in [6, 6.07) is 79.8. The number of rotatable bonds is 6. The summed E-state index contributed by atoms with van der Waals surface area (Å²) in [5, 5.41) is 20.6. The van der Waals surface area contributed by atoms with Gasteiger partial charge in [0.05, 0.1) is 34.4 Å². The topological polar surface area (TPSA) is 50.8 Å². The van der Waals surface area contributed by atoms with Gasteiger partial charge in [0, 0.05) is 22.5 Å². The van der Waals surface area contributed by atoms with Crippen LogP contribution in [0.5, 0.6) is 0 Å². The highest BCUT2D eigenvalue weighted by Crippen LogP contribution is 2.64. The van der Waals surface area contributed by atoms with Crippen molar-refractivity contribution in [3.63, 3.8) is 0 Å². The Morgan fingerprint density at radius 3 is 1.33 bits per heavy atom. The van der Waals surface area contributed by atoms with Crippen molar-refractivity contribution in [1.82, 2.24) is 0 Å². The summed E-state index contributed by atoms with van der Waals surface area (Å²) in [5.41, 5.74) is 19.0. The number of para-hydroxylation sites is 1. The minimum Gasteiger partial charge on any atom is -0.309 e. The zero-order valence-electron chi connectivity index (χ0n) is 32.5. The molecule has 0 saturated heterocycles. The summed E-state index contributed by atoms with van der Waals surface area (Å²) < 4.78 is 0. The van der Waals surface area contributed by atoms with Gasteiger partial charge in [0.2, 0.25) is 0 Å². The highest BCUT2D eigenvalue weighted by atomic mass is 15.1. The van der Waals surface area contributed by atoms with Crippen LogP contribution in [0.4, 0.5) is 17.1 Å². The van der Waals surface area contributed by atoms with Gasteiger partial charge in [-0.25, -0.2) is 0 Å². The van der Waals surface area contributed by atoms with Gasteiger partial charge in [0.1, 0.15) is 0 Å². The molecule has 0 aromatic heterocycles. The van der Waals surface area contributed by atoms with E-state index in [1.54, 1.807) is 0 Å². The average molecular weight is 762 g/mol. The fourth-order valence-corrected chi connectivity index (χ4v) is 9.80. The molecule has 3 heteroatoms. The van der Waals surface area contributed by atoms with Crippen LogP contribution in [-0.2, 0) is 5.41 Å². The molecule has 9 aromatic rings. The fourth-order valence-electron chi connectivity index (χ4n) is 9.80. The van der Waals surface area contributed by atoms with Crippen molar-refractivity contribution in [2.75, 3.05) is 4.90 Å². The van der Waals surface area contributed by atoms with Crippen molar-refractivity contribution < 1.29 is 0 Å².